The zero-order chi connectivity index (χ0) is 12.5. The summed E-state index contributed by atoms with van der Waals surface area (Å²) >= 11 is 0. The third-order valence-corrected chi connectivity index (χ3v) is 4.80. The molecule has 0 saturated carbocycles. The summed E-state index contributed by atoms with van der Waals surface area (Å²) in [6.07, 6.45) is 1.96. The van der Waals surface area contributed by atoms with Gasteiger partial charge in [-0.2, -0.15) is 0 Å². The van der Waals surface area contributed by atoms with Crippen LogP contribution >= 0.6 is 0 Å². The van der Waals surface area contributed by atoms with Crippen molar-refractivity contribution in [3.63, 3.8) is 0 Å². The van der Waals surface area contributed by atoms with Crippen LogP contribution in [0.2, 0.25) is 0 Å². The monoisotopic (exact) mass is 251 g/mol. The molecule has 2 rings (SSSR count). The fraction of sp³-hybridized carbons (Fsp3) is 0.385. The Kier molecular flexibility index (Phi) is 3.24. The lowest BCUT2D eigenvalue weighted by Gasteiger charge is -2.06. The Morgan fingerprint density at radius 1 is 1.24 bits per heavy atom. The van der Waals surface area contributed by atoms with Crippen LogP contribution in [0.5, 0.6) is 0 Å². The van der Waals surface area contributed by atoms with Gasteiger partial charge >= 0.3 is 0 Å². The summed E-state index contributed by atoms with van der Waals surface area (Å²) in [5.74, 6) is 0.423. The van der Waals surface area contributed by atoms with Gasteiger partial charge in [-0.15, -0.1) is 0 Å². The van der Waals surface area contributed by atoms with Gasteiger partial charge in [0.15, 0.2) is 9.84 Å². The molecular formula is C13H17NO2S. The molecule has 0 unspecified atom stereocenters. The lowest BCUT2D eigenvalue weighted by atomic mass is 10.1. The molecule has 0 saturated heterocycles. The Balaban J connectivity index is 2.29. The highest BCUT2D eigenvalue weighted by Crippen LogP contribution is 2.19. The minimum absolute atomic E-state index is 0.210. The minimum Gasteiger partial charge on any atom is -0.346 e. The van der Waals surface area contributed by atoms with Crippen molar-refractivity contribution in [2.75, 3.05) is 11.5 Å². The van der Waals surface area contributed by atoms with Crippen molar-refractivity contribution in [2.24, 2.45) is 0 Å². The predicted octanol–water partition coefficient (Wildman–Crippen LogP) is 2.38. The lowest BCUT2D eigenvalue weighted by molar-refractivity contribution is 0.591. The van der Waals surface area contributed by atoms with Gasteiger partial charge < -0.3 is 4.57 Å². The fourth-order valence-corrected chi connectivity index (χ4v) is 2.72. The third kappa shape index (κ3) is 2.52. The van der Waals surface area contributed by atoms with Gasteiger partial charge in [-0.25, -0.2) is 8.42 Å². The van der Waals surface area contributed by atoms with Crippen molar-refractivity contribution in [3.05, 3.63) is 36.0 Å². The van der Waals surface area contributed by atoms with Gasteiger partial charge in [0.1, 0.15) is 0 Å². The van der Waals surface area contributed by atoms with Crippen LogP contribution in [0.1, 0.15) is 12.5 Å². The molecule has 0 aliphatic rings. The molecule has 0 bridgehead atoms. The van der Waals surface area contributed by atoms with Gasteiger partial charge in [0.2, 0.25) is 0 Å². The first-order valence-corrected chi connectivity index (χ1v) is 7.60. The minimum atomic E-state index is -2.90. The Morgan fingerprint density at radius 3 is 2.71 bits per heavy atom. The molecule has 0 aliphatic heterocycles. The first kappa shape index (κ1) is 12.2. The van der Waals surface area contributed by atoms with E-state index in [0.717, 1.165) is 5.52 Å². The molecule has 1 aromatic heterocycles. The lowest BCUT2D eigenvalue weighted by Crippen LogP contribution is -2.14. The summed E-state index contributed by atoms with van der Waals surface area (Å²) in [6.45, 7) is 4.28. The third-order valence-electron chi connectivity index (χ3n) is 3.11. The molecule has 17 heavy (non-hydrogen) atoms. The zero-order valence-electron chi connectivity index (χ0n) is 10.2. The second-order valence-corrected chi connectivity index (χ2v) is 6.73. The Morgan fingerprint density at radius 2 is 2.00 bits per heavy atom. The number of benzene rings is 1. The number of hydrogen-bond acceptors (Lipinski definition) is 2. The first-order valence-electron chi connectivity index (χ1n) is 5.78. The predicted molar refractivity (Wildman–Crippen MR) is 71.0 cm³/mol. The molecule has 1 heterocycles. The van der Waals surface area contributed by atoms with E-state index in [1.165, 1.54) is 10.9 Å². The van der Waals surface area contributed by atoms with E-state index in [4.69, 9.17) is 0 Å². The van der Waals surface area contributed by atoms with Gasteiger partial charge in [-0.05, 0) is 24.6 Å². The van der Waals surface area contributed by atoms with Crippen molar-refractivity contribution in [2.45, 2.75) is 20.4 Å². The Labute approximate surface area is 102 Å². The van der Waals surface area contributed by atoms with E-state index in [2.05, 4.69) is 13.0 Å². The summed E-state index contributed by atoms with van der Waals surface area (Å²) < 4.78 is 25.0. The van der Waals surface area contributed by atoms with Crippen LogP contribution < -0.4 is 0 Å². The maximum Gasteiger partial charge on any atom is 0.151 e. The topological polar surface area (TPSA) is 39.1 Å². The molecule has 0 atom stereocenters. The van der Waals surface area contributed by atoms with Gasteiger partial charge in [-0.3, -0.25) is 0 Å². The number of aryl methyl sites for hydroxylation is 2. The highest BCUT2D eigenvalue weighted by molar-refractivity contribution is 7.91. The Hall–Kier alpha value is -1.29. The quantitative estimate of drug-likeness (QED) is 0.837. The van der Waals surface area contributed by atoms with Crippen LogP contribution in [0, 0.1) is 6.92 Å². The maximum atomic E-state index is 11.5. The average molecular weight is 251 g/mol. The molecule has 0 amide bonds. The average Bonchev–Trinajstić information content (AvgIpc) is 2.71. The summed E-state index contributed by atoms with van der Waals surface area (Å²) in [6, 6.07) is 8.14. The molecule has 1 aromatic carbocycles. The van der Waals surface area contributed by atoms with Gasteiger partial charge in [0.05, 0.1) is 5.75 Å². The van der Waals surface area contributed by atoms with Crippen molar-refractivity contribution < 1.29 is 8.42 Å². The van der Waals surface area contributed by atoms with Crippen molar-refractivity contribution in [1.82, 2.24) is 4.57 Å². The van der Waals surface area contributed by atoms with E-state index in [0.29, 0.717) is 6.54 Å². The van der Waals surface area contributed by atoms with E-state index < -0.39 is 9.84 Å². The second-order valence-electron chi connectivity index (χ2n) is 4.25. The molecule has 4 heteroatoms. The van der Waals surface area contributed by atoms with Gasteiger partial charge in [0.25, 0.3) is 0 Å². The first-order chi connectivity index (χ1) is 8.03. The number of sulfone groups is 1. The normalized spacial score (nSPS) is 12.1. The summed E-state index contributed by atoms with van der Waals surface area (Å²) in [5.41, 5.74) is 2.33. The standard InChI is InChI=1S/C13H17NO2S/c1-3-17(15,16)10-9-14-8-7-12-11(2)5-4-6-13(12)14/h4-8H,3,9-10H2,1-2H3. The number of hydrogen-bond donors (Lipinski definition) is 0. The van der Waals surface area contributed by atoms with E-state index >= 15 is 0 Å². The molecule has 0 aliphatic carbocycles. The highest BCUT2D eigenvalue weighted by Gasteiger charge is 2.09. The zero-order valence-corrected chi connectivity index (χ0v) is 11.0. The van der Waals surface area contributed by atoms with Crippen LogP contribution in [-0.2, 0) is 16.4 Å². The van der Waals surface area contributed by atoms with Crippen LogP contribution in [-0.4, -0.2) is 24.5 Å². The van der Waals surface area contributed by atoms with E-state index in [1.54, 1.807) is 6.92 Å². The maximum absolute atomic E-state index is 11.5. The van der Waals surface area contributed by atoms with Crippen LogP contribution in [0.15, 0.2) is 30.5 Å². The number of aromatic nitrogens is 1. The van der Waals surface area contributed by atoms with Gasteiger partial charge in [0, 0.05) is 29.4 Å². The fourth-order valence-electron chi connectivity index (χ4n) is 1.95. The molecule has 0 fully saturated rings. The second kappa shape index (κ2) is 4.53. The highest BCUT2D eigenvalue weighted by atomic mass is 32.2. The number of nitrogens with zero attached hydrogens (tertiary/aromatic N) is 1. The summed E-state index contributed by atoms with van der Waals surface area (Å²) in [5, 5.41) is 1.20. The largest absolute Gasteiger partial charge is 0.346 e. The molecule has 3 nitrogen and oxygen atoms in total. The Bertz CT molecular complexity index is 626. The number of fused-ring (bicyclic) bond motifs is 1. The van der Waals surface area contributed by atoms with E-state index in [-0.39, 0.29) is 11.5 Å². The molecule has 0 spiro atoms. The molecule has 0 radical (unpaired) electrons. The SMILES string of the molecule is CCS(=O)(=O)CCn1ccc2c(C)cccc21. The van der Waals surface area contributed by atoms with Crippen molar-refractivity contribution in [1.29, 1.82) is 0 Å². The summed E-state index contributed by atoms with van der Waals surface area (Å²) in [4.78, 5) is 0. The van der Waals surface area contributed by atoms with Gasteiger partial charge in [-0.1, -0.05) is 19.1 Å². The van der Waals surface area contributed by atoms with Crippen LogP contribution in [0.4, 0.5) is 0 Å². The van der Waals surface area contributed by atoms with Crippen LogP contribution in [0.3, 0.4) is 0 Å². The smallest absolute Gasteiger partial charge is 0.151 e. The molecular weight excluding hydrogens is 234 g/mol. The number of rotatable bonds is 4. The van der Waals surface area contributed by atoms with Crippen LogP contribution in [0.25, 0.3) is 10.9 Å². The summed E-state index contributed by atoms with van der Waals surface area (Å²) in [7, 11) is -2.90. The molecule has 2 aromatic rings. The van der Waals surface area contributed by atoms with Crippen molar-refractivity contribution in [3.8, 4) is 0 Å². The van der Waals surface area contributed by atoms with E-state index in [1.807, 2.05) is 29.0 Å². The molecule has 92 valence electrons. The molecule has 0 N–H and O–H groups in total. The van der Waals surface area contributed by atoms with E-state index in [9.17, 15) is 8.42 Å². The van der Waals surface area contributed by atoms with Crippen molar-refractivity contribution >= 4 is 20.7 Å².